The molecule has 0 bridgehead atoms. The number of anilines is 1. The standard InChI is InChI=1S/C24H28N4O2/c1-18-17-23(26-19(2)25-18)27-12-14-28(15-13-27)24(29)11-6-16-30-22-10-5-8-20-7-3-4-9-21(20)22/h3-5,7-10,17H,6,11-16H2,1-2H3. The van der Waals surface area contributed by atoms with Crippen LogP contribution in [0.5, 0.6) is 5.75 Å². The van der Waals surface area contributed by atoms with Crippen LogP contribution >= 0.6 is 0 Å². The highest BCUT2D eigenvalue weighted by molar-refractivity contribution is 5.88. The first-order valence-electron chi connectivity index (χ1n) is 10.6. The summed E-state index contributed by atoms with van der Waals surface area (Å²) in [5, 5.41) is 2.27. The summed E-state index contributed by atoms with van der Waals surface area (Å²) in [5.41, 5.74) is 0.974. The summed E-state index contributed by atoms with van der Waals surface area (Å²) in [5.74, 6) is 2.82. The third-order valence-electron chi connectivity index (χ3n) is 5.45. The third kappa shape index (κ3) is 4.70. The Balaban J connectivity index is 1.23. The number of aryl methyl sites for hydroxylation is 2. The predicted molar refractivity (Wildman–Crippen MR) is 119 cm³/mol. The van der Waals surface area contributed by atoms with Gasteiger partial charge >= 0.3 is 0 Å². The largest absolute Gasteiger partial charge is 0.493 e. The number of hydrogen-bond acceptors (Lipinski definition) is 5. The molecule has 6 nitrogen and oxygen atoms in total. The van der Waals surface area contributed by atoms with Gasteiger partial charge in [0.25, 0.3) is 0 Å². The van der Waals surface area contributed by atoms with Gasteiger partial charge in [-0.1, -0.05) is 36.4 Å². The van der Waals surface area contributed by atoms with Gasteiger partial charge in [0.2, 0.25) is 5.91 Å². The summed E-state index contributed by atoms with van der Waals surface area (Å²) in [6.45, 7) is 7.49. The van der Waals surface area contributed by atoms with Crippen LogP contribution in [-0.4, -0.2) is 53.6 Å². The van der Waals surface area contributed by atoms with Gasteiger partial charge in [-0.15, -0.1) is 0 Å². The Hall–Kier alpha value is -3.15. The van der Waals surface area contributed by atoms with Crippen molar-refractivity contribution in [3.8, 4) is 5.75 Å². The van der Waals surface area contributed by atoms with E-state index in [9.17, 15) is 4.79 Å². The molecule has 3 aromatic rings. The number of aromatic nitrogens is 2. The van der Waals surface area contributed by atoms with Gasteiger partial charge in [0.15, 0.2) is 0 Å². The number of carbonyl (C=O) groups is 1. The molecule has 0 saturated carbocycles. The number of hydrogen-bond donors (Lipinski definition) is 0. The molecule has 1 aliphatic heterocycles. The molecule has 156 valence electrons. The summed E-state index contributed by atoms with van der Waals surface area (Å²) in [6.07, 6.45) is 1.23. The molecule has 0 N–H and O–H groups in total. The summed E-state index contributed by atoms with van der Waals surface area (Å²) in [6, 6.07) is 16.3. The molecule has 0 unspecified atom stereocenters. The van der Waals surface area contributed by atoms with Crippen LogP contribution in [0, 0.1) is 13.8 Å². The first-order valence-corrected chi connectivity index (χ1v) is 10.6. The van der Waals surface area contributed by atoms with Crippen LogP contribution < -0.4 is 9.64 Å². The van der Waals surface area contributed by atoms with Crippen LogP contribution in [0.15, 0.2) is 48.5 Å². The summed E-state index contributed by atoms with van der Waals surface area (Å²) in [4.78, 5) is 25.7. The van der Waals surface area contributed by atoms with Gasteiger partial charge in [0, 0.05) is 49.7 Å². The van der Waals surface area contributed by atoms with E-state index in [2.05, 4.69) is 33.1 Å². The maximum atomic E-state index is 12.6. The third-order valence-corrected chi connectivity index (χ3v) is 5.45. The molecule has 1 aliphatic rings. The van der Waals surface area contributed by atoms with Crippen molar-refractivity contribution in [2.45, 2.75) is 26.7 Å². The van der Waals surface area contributed by atoms with E-state index in [1.165, 1.54) is 0 Å². The lowest BCUT2D eigenvalue weighted by atomic mass is 10.1. The number of amides is 1. The molecule has 1 aromatic heterocycles. The van der Waals surface area contributed by atoms with Crippen LogP contribution in [-0.2, 0) is 4.79 Å². The molecule has 1 amide bonds. The second-order valence-electron chi connectivity index (χ2n) is 7.71. The van der Waals surface area contributed by atoms with Gasteiger partial charge in [0.05, 0.1) is 6.61 Å². The van der Waals surface area contributed by atoms with Gasteiger partial charge in [0.1, 0.15) is 17.4 Å². The highest BCUT2D eigenvalue weighted by atomic mass is 16.5. The Morgan fingerprint density at radius 3 is 2.57 bits per heavy atom. The Kier molecular flexibility index (Phi) is 6.12. The monoisotopic (exact) mass is 404 g/mol. The van der Waals surface area contributed by atoms with Crippen LogP contribution in [0.4, 0.5) is 5.82 Å². The number of piperazine rings is 1. The SMILES string of the molecule is Cc1cc(N2CCN(C(=O)CCCOc3cccc4ccccc34)CC2)nc(C)n1. The Bertz CT molecular complexity index is 1000. The van der Waals surface area contributed by atoms with Crippen molar-refractivity contribution in [3.05, 3.63) is 60.0 Å². The van der Waals surface area contributed by atoms with Gasteiger partial charge in [-0.3, -0.25) is 4.79 Å². The quantitative estimate of drug-likeness (QED) is 0.586. The molecular weight excluding hydrogens is 376 g/mol. The maximum Gasteiger partial charge on any atom is 0.222 e. The minimum atomic E-state index is 0.200. The van der Waals surface area contributed by atoms with Crippen molar-refractivity contribution in [2.24, 2.45) is 0 Å². The molecular formula is C24H28N4O2. The maximum absolute atomic E-state index is 12.6. The molecule has 0 spiro atoms. The van der Waals surface area contributed by atoms with E-state index in [1.807, 2.05) is 49.1 Å². The van der Waals surface area contributed by atoms with Crippen molar-refractivity contribution in [1.29, 1.82) is 0 Å². The number of fused-ring (bicyclic) bond motifs is 1. The van der Waals surface area contributed by atoms with Crippen LogP contribution in [0.25, 0.3) is 10.8 Å². The van der Waals surface area contributed by atoms with E-state index in [0.717, 1.165) is 60.0 Å². The van der Waals surface area contributed by atoms with E-state index in [0.29, 0.717) is 19.4 Å². The van der Waals surface area contributed by atoms with E-state index in [1.54, 1.807) is 0 Å². The molecule has 4 rings (SSSR count). The van der Waals surface area contributed by atoms with Crippen LogP contribution in [0.1, 0.15) is 24.4 Å². The minimum absolute atomic E-state index is 0.200. The topological polar surface area (TPSA) is 58.6 Å². The molecule has 6 heteroatoms. The van der Waals surface area contributed by atoms with Gasteiger partial charge in [-0.05, 0) is 31.7 Å². The molecule has 1 fully saturated rings. The predicted octanol–water partition coefficient (Wildman–Crippen LogP) is 3.75. The normalized spacial score (nSPS) is 14.2. The van der Waals surface area contributed by atoms with Crippen molar-refractivity contribution >= 4 is 22.5 Å². The average molecular weight is 405 g/mol. The molecule has 0 radical (unpaired) electrons. The zero-order chi connectivity index (χ0) is 20.9. The molecule has 1 saturated heterocycles. The first kappa shape index (κ1) is 20.1. The number of rotatable bonds is 6. The zero-order valence-corrected chi connectivity index (χ0v) is 17.7. The Labute approximate surface area is 177 Å². The van der Waals surface area contributed by atoms with Gasteiger partial charge < -0.3 is 14.5 Å². The second-order valence-corrected chi connectivity index (χ2v) is 7.71. The lowest BCUT2D eigenvalue weighted by Gasteiger charge is -2.35. The van der Waals surface area contributed by atoms with Gasteiger partial charge in [-0.25, -0.2) is 9.97 Å². The number of ether oxygens (including phenoxy) is 1. The van der Waals surface area contributed by atoms with E-state index < -0.39 is 0 Å². The van der Waals surface area contributed by atoms with Crippen molar-refractivity contribution in [1.82, 2.24) is 14.9 Å². The lowest BCUT2D eigenvalue weighted by molar-refractivity contribution is -0.131. The van der Waals surface area contributed by atoms with Crippen molar-refractivity contribution < 1.29 is 9.53 Å². The Morgan fingerprint density at radius 2 is 1.77 bits per heavy atom. The molecule has 2 aromatic carbocycles. The molecule has 0 atom stereocenters. The fourth-order valence-electron chi connectivity index (χ4n) is 3.93. The average Bonchev–Trinajstić information content (AvgIpc) is 2.76. The molecule has 0 aliphatic carbocycles. The molecule has 2 heterocycles. The minimum Gasteiger partial charge on any atom is -0.493 e. The smallest absolute Gasteiger partial charge is 0.222 e. The van der Waals surface area contributed by atoms with E-state index in [-0.39, 0.29) is 5.91 Å². The highest BCUT2D eigenvalue weighted by Crippen LogP contribution is 2.25. The fraction of sp³-hybridized carbons (Fsp3) is 0.375. The highest BCUT2D eigenvalue weighted by Gasteiger charge is 2.22. The summed E-state index contributed by atoms with van der Waals surface area (Å²) < 4.78 is 5.96. The molecule has 30 heavy (non-hydrogen) atoms. The summed E-state index contributed by atoms with van der Waals surface area (Å²) in [7, 11) is 0. The lowest BCUT2D eigenvalue weighted by Crippen LogP contribution is -2.49. The van der Waals surface area contributed by atoms with Crippen molar-refractivity contribution in [2.75, 3.05) is 37.7 Å². The van der Waals surface area contributed by atoms with Crippen molar-refractivity contribution in [3.63, 3.8) is 0 Å². The summed E-state index contributed by atoms with van der Waals surface area (Å²) >= 11 is 0. The second kappa shape index (κ2) is 9.11. The Morgan fingerprint density at radius 1 is 1.00 bits per heavy atom. The van der Waals surface area contributed by atoms with Crippen LogP contribution in [0.2, 0.25) is 0 Å². The fourth-order valence-corrected chi connectivity index (χ4v) is 3.93. The first-order chi connectivity index (χ1) is 14.6. The number of carbonyl (C=O) groups excluding carboxylic acids is 1. The number of nitrogens with zero attached hydrogens (tertiary/aromatic N) is 4. The van der Waals surface area contributed by atoms with Gasteiger partial charge in [-0.2, -0.15) is 0 Å². The van der Waals surface area contributed by atoms with E-state index >= 15 is 0 Å². The zero-order valence-electron chi connectivity index (χ0n) is 17.7. The van der Waals surface area contributed by atoms with E-state index in [4.69, 9.17) is 4.74 Å². The number of benzene rings is 2. The van der Waals surface area contributed by atoms with Crippen LogP contribution in [0.3, 0.4) is 0 Å².